The maximum atomic E-state index is 12.7. The van der Waals surface area contributed by atoms with E-state index < -0.39 is 6.04 Å². The highest BCUT2D eigenvalue weighted by Gasteiger charge is 2.35. The molecule has 0 aliphatic carbocycles. The van der Waals surface area contributed by atoms with Crippen LogP contribution >= 0.6 is 0 Å². The van der Waals surface area contributed by atoms with Gasteiger partial charge < -0.3 is 15.1 Å². The van der Waals surface area contributed by atoms with Crippen molar-refractivity contribution >= 4 is 17.6 Å². The standard InChI is InChI=1S/C17H25N3O2/c1-5-8-18-17(22)19-9-10-20(16(21)14(19)4)15-11-12(2)6-7-13(15)3/h6-7,11,14H,5,8-10H2,1-4H3,(H,18,22). The van der Waals surface area contributed by atoms with Crippen LogP contribution in [0, 0.1) is 13.8 Å². The van der Waals surface area contributed by atoms with Gasteiger partial charge in [-0.3, -0.25) is 4.79 Å². The van der Waals surface area contributed by atoms with E-state index >= 15 is 0 Å². The molecule has 0 radical (unpaired) electrons. The van der Waals surface area contributed by atoms with E-state index in [0.29, 0.717) is 19.6 Å². The van der Waals surface area contributed by atoms with Gasteiger partial charge in [-0.25, -0.2) is 4.79 Å². The number of hydrogen-bond acceptors (Lipinski definition) is 2. The fraction of sp³-hybridized carbons (Fsp3) is 0.529. The van der Waals surface area contributed by atoms with Gasteiger partial charge in [0.25, 0.3) is 0 Å². The van der Waals surface area contributed by atoms with Gasteiger partial charge in [0.05, 0.1) is 0 Å². The number of piperazine rings is 1. The largest absolute Gasteiger partial charge is 0.338 e. The van der Waals surface area contributed by atoms with Crippen molar-refractivity contribution in [2.45, 2.75) is 40.2 Å². The average Bonchev–Trinajstić information content (AvgIpc) is 2.50. The zero-order chi connectivity index (χ0) is 16.3. The van der Waals surface area contributed by atoms with E-state index in [4.69, 9.17) is 0 Å². The molecule has 0 aromatic heterocycles. The van der Waals surface area contributed by atoms with Gasteiger partial charge in [0.2, 0.25) is 5.91 Å². The van der Waals surface area contributed by atoms with E-state index in [0.717, 1.165) is 23.2 Å². The zero-order valence-corrected chi connectivity index (χ0v) is 13.8. The van der Waals surface area contributed by atoms with Crippen LogP contribution in [0.1, 0.15) is 31.4 Å². The summed E-state index contributed by atoms with van der Waals surface area (Å²) in [5.41, 5.74) is 3.16. The number of nitrogens with zero attached hydrogens (tertiary/aromatic N) is 2. The molecule has 1 unspecified atom stereocenters. The van der Waals surface area contributed by atoms with Crippen molar-refractivity contribution < 1.29 is 9.59 Å². The topological polar surface area (TPSA) is 52.7 Å². The van der Waals surface area contributed by atoms with Crippen molar-refractivity contribution in [3.63, 3.8) is 0 Å². The summed E-state index contributed by atoms with van der Waals surface area (Å²) >= 11 is 0. The zero-order valence-electron chi connectivity index (χ0n) is 13.8. The first-order valence-corrected chi connectivity index (χ1v) is 7.88. The van der Waals surface area contributed by atoms with Crippen LogP contribution in [0.5, 0.6) is 0 Å². The minimum absolute atomic E-state index is 0.0217. The van der Waals surface area contributed by atoms with Gasteiger partial charge in [0, 0.05) is 25.3 Å². The van der Waals surface area contributed by atoms with Crippen molar-refractivity contribution in [2.24, 2.45) is 0 Å². The van der Waals surface area contributed by atoms with Crippen LogP contribution in [0.15, 0.2) is 18.2 Å². The fourth-order valence-corrected chi connectivity index (χ4v) is 2.73. The number of rotatable bonds is 3. The Bertz CT molecular complexity index is 571. The van der Waals surface area contributed by atoms with Crippen LogP contribution in [0.4, 0.5) is 10.5 Å². The third-order valence-corrected chi connectivity index (χ3v) is 4.10. The number of amides is 3. The molecule has 1 heterocycles. The predicted octanol–water partition coefficient (Wildman–Crippen LogP) is 2.46. The van der Waals surface area contributed by atoms with E-state index in [9.17, 15) is 9.59 Å². The Balaban J connectivity index is 2.15. The van der Waals surface area contributed by atoms with Gasteiger partial charge in [-0.2, -0.15) is 0 Å². The smallest absolute Gasteiger partial charge is 0.318 e. The van der Waals surface area contributed by atoms with Crippen LogP contribution in [-0.4, -0.2) is 42.5 Å². The maximum absolute atomic E-state index is 12.7. The molecule has 0 saturated carbocycles. The number of carbonyl (C=O) groups excluding carboxylic acids is 2. The first-order chi connectivity index (χ1) is 10.5. The van der Waals surface area contributed by atoms with Crippen LogP contribution in [0.3, 0.4) is 0 Å². The Morgan fingerprint density at radius 2 is 2.05 bits per heavy atom. The lowest BCUT2D eigenvalue weighted by Gasteiger charge is -2.39. The SMILES string of the molecule is CCCNC(=O)N1CCN(c2cc(C)ccc2C)C(=O)C1C. The quantitative estimate of drug-likeness (QED) is 0.932. The van der Waals surface area contributed by atoms with Crippen molar-refractivity contribution in [1.82, 2.24) is 10.2 Å². The lowest BCUT2D eigenvalue weighted by atomic mass is 10.1. The Hall–Kier alpha value is -2.04. The molecule has 1 aromatic carbocycles. The van der Waals surface area contributed by atoms with Gasteiger partial charge in [-0.1, -0.05) is 19.1 Å². The number of anilines is 1. The molecule has 5 nitrogen and oxygen atoms in total. The number of benzene rings is 1. The Labute approximate surface area is 132 Å². The summed E-state index contributed by atoms with van der Waals surface area (Å²) in [6, 6.07) is 5.52. The van der Waals surface area contributed by atoms with Crippen LogP contribution in [-0.2, 0) is 4.79 Å². The summed E-state index contributed by atoms with van der Waals surface area (Å²) in [6.07, 6.45) is 0.885. The predicted molar refractivity (Wildman–Crippen MR) is 88.1 cm³/mol. The van der Waals surface area contributed by atoms with Crippen molar-refractivity contribution in [2.75, 3.05) is 24.5 Å². The van der Waals surface area contributed by atoms with E-state index in [1.54, 1.807) is 16.7 Å². The molecule has 0 spiro atoms. The number of aryl methyl sites for hydroxylation is 2. The molecule has 5 heteroatoms. The van der Waals surface area contributed by atoms with E-state index in [1.165, 1.54) is 0 Å². The summed E-state index contributed by atoms with van der Waals surface area (Å²) in [5.74, 6) is -0.0217. The van der Waals surface area contributed by atoms with Gasteiger partial charge in [-0.05, 0) is 44.4 Å². The third-order valence-electron chi connectivity index (χ3n) is 4.10. The number of hydrogen-bond donors (Lipinski definition) is 1. The summed E-state index contributed by atoms with van der Waals surface area (Å²) < 4.78 is 0. The highest BCUT2D eigenvalue weighted by molar-refractivity contribution is 6.00. The third kappa shape index (κ3) is 3.24. The summed E-state index contributed by atoms with van der Waals surface area (Å²) in [4.78, 5) is 28.2. The lowest BCUT2D eigenvalue weighted by Crippen LogP contribution is -2.60. The first kappa shape index (κ1) is 16.3. The van der Waals surface area contributed by atoms with Gasteiger partial charge >= 0.3 is 6.03 Å². The van der Waals surface area contributed by atoms with Crippen LogP contribution in [0.25, 0.3) is 0 Å². The molecular weight excluding hydrogens is 278 g/mol. The van der Waals surface area contributed by atoms with E-state index in [-0.39, 0.29) is 11.9 Å². The van der Waals surface area contributed by atoms with E-state index in [1.807, 2.05) is 39.0 Å². The summed E-state index contributed by atoms with van der Waals surface area (Å²) in [7, 11) is 0. The van der Waals surface area contributed by atoms with Gasteiger partial charge in [0.15, 0.2) is 0 Å². The molecule has 1 atom stereocenters. The van der Waals surface area contributed by atoms with Crippen LogP contribution in [0.2, 0.25) is 0 Å². The van der Waals surface area contributed by atoms with E-state index in [2.05, 4.69) is 5.32 Å². The van der Waals surface area contributed by atoms with Crippen molar-refractivity contribution in [1.29, 1.82) is 0 Å². The highest BCUT2D eigenvalue weighted by atomic mass is 16.2. The van der Waals surface area contributed by atoms with Gasteiger partial charge in [-0.15, -0.1) is 0 Å². The number of urea groups is 1. The molecular formula is C17H25N3O2. The molecule has 1 fully saturated rings. The molecule has 3 amide bonds. The molecule has 2 rings (SSSR count). The molecule has 1 saturated heterocycles. The number of nitrogens with one attached hydrogen (secondary N) is 1. The Kier molecular flexibility index (Phi) is 5.06. The number of carbonyl (C=O) groups is 2. The fourth-order valence-electron chi connectivity index (χ4n) is 2.73. The molecule has 1 aromatic rings. The van der Waals surface area contributed by atoms with Crippen LogP contribution < -0.4 is 10.2 Å². The first-order valence-electron chi connectivity index (χ1n) is 7.88. The molecule has 1 N–H and O–H groups in total. The molecule has 22 heavy (non-hydrogen) atoms. The Morgan fingerprint density at radius 1 is 1.32 bits per heavy atom. The maximum Gasteiger partial charge on any atom is 0.318 e. The highest BCUT2D eigenvalue weighted by Crippen LogP contribution is 2.25. The normalized spacial score (nSPS) is 18.5. The van der Waals surface area contributed by atoms with Gasteiger partial charge in [0.1, 0.15) is 6.04 Å². The monoisotopic (exact) mass is 303 g/mol. The second-order valence-electron chi connectivity index (χ2n) is 5.88. The molecule has 1 aliphatic rings. The summed E-state index contributed by atoms with van der Waals surface area (Å²) in [6.45, 7) is 9.55. The lowest BCUT2D eigenvalue weighted by molar-refractivity contribution is -0.124. The van der Waals surface area contributed by atoms with Crippen molar-refractivity contribution in [3.05, 3.63) is 29.3 Å². The Morgan fingerprint density at radius 3 is 2.73 bits per heavy atom. The minimum atomic E-state index is -0.439. The minimum Gasteiger partial charge on any atom is -0.338 e. The molecule has 120 valence electrons. The van der Waals surface area contributed by atoms with Crippen molar-refractivity contribution in [3.8, 4) is 0 Å². The average molecular weight is 303 g/mol. The second kappa shape index (κ2) is 6.81. The second-order valence-corrected chi connectivity index (χ2v) is 5.88. The molecule has 1 aliphatic heterocycles. The summed E-state index contributed by atoms with van der Waals surface area (Å²) in [5, 5.41) is 2.84. The molecule has 0 bridgehead atoms.